The molecule has 0 aliphatic heterocycles. The molecule has 0 aliphatic rings. The van der Waals surface area contributed by atoms with E-state index in [0.717, 1.165) is 30.0 Å². The number of ether oxygens (including phenoxy) is 1. The number of benzene rings is 2. The second-order valence-corrected chi connectivity index (χ2v) is 7.97. The molecule has 0 heterocycles. The second kappa shape index (κ2) is 8.61. The van der Waals surface area contributed by atoms with Crippen LogP contribution < -0.4 is 5.32 Å². The lowest BCUT2D eigenvalue weighted by atomic mass is 10.1. The normalized spacial score (nSPS) is 12.1. The van der Waals surface area contributed by atoms with Crippen LogP contribution in [0.3, 0.4) is 0 Å². The Morgan fingerprint density at radius 2 is 1.82 bits per heavy atom. The highest BCUT2D eigenvalue weighted by molar-refractivity contribution is 7.90. The van der Waals surface area contributed by atoms with Crippen LogP contribution >= 0.6 is 0 Å². The monoisotopic (exact) mass is 406 g/mol. The van der Waals surface area contributed by atoms with Crippen LogP contribution in [-0.2, 0) is 19.4 Å². The van der Waals surface area contributed by atoms with Crippen molar-refractivity contribution in [3.05, 3.63) is 69.8 Å². The van der Waals surface area contributed by atoms with Crippen molar-refractivity contribution in [3.63, 3.8) is 0 Å². The fraction of sp³-hybridized carbons (Fsp3) is 0.222. The second-order valence-electron chi connectivity index (χ2n) is 5.99. The highest BCUT2D eigenvalue weighted by atomic mass is 32.2. The standard InChI is InChI=1S/C18H18N2O7S/c1-12(13-6-4-3-5-7-13)19-17(21)11-27-18(22)14-8-9-16(28(2,25)26)15(10-14)20(23)24/h3-10,12H,11H2,1-2H3,(H,19,21)/t12-/m1/s1. The zero-order valence-corrected chi connectivity index (χ0v) is 15.9. The molecule has 0 aromatic heterocycles. The largest absolute Gasteiger partial charge is 0.452 e. The fourth-order valence-electron chi connectivity index (χ4n) is 2.42. The molecular formula is C18H18N2O7S. The van der Waals surface area contributed by atoms with E-state index in [2.05, 4.69) is 5.32 Å². The lowest BCUT2D eigenvalue weighted by molar-refractivity contribution is -0.387. The highest BCUT2D eigenvalue weighted by Gasteiger charge is 2.24. The van der Waals surface area contributed by atoms with Gasteiger partial charge in [-0.05, 0) is 24.6 Å². The minimum Gasteiger partial charge on any atom is -0.452 e. The summed E-state index contributed by atoms with van der Waals surface area (Å²) in [6, 6.07) is 11.7. The molecule has 0 bridgehead atoms. The topological polar surface area (TPSA) is 133 Å². The van der Waals surface area contributed by atoms with Crippen molar-refractivity contribution in [1.29, 1.82) is 0 Å². The van der Waals surface area contributed by atoms with Gasteiger partial charge in [-0.25, -0.2) is 13.2 Å². The molecule has 2 aromatic rings. The van der Waals surface area contributed by atoms with E-state index in [1.54, 1.807) is 6.92 Å². The fourth-order valence-corrected chi connectivity index (χ4v) is 3.25. The molecule has 9 nitrogen and oxygen atoms in total. The Balaban J connectivity index is 2.04. The summed E-state index contributed by atoms with van der Waals surface area (Å²) in [5.41, 5.74) is -0.101. The first-order valence-electron chi connectivity index (χ1n) is 8.09. The maximum absolute atomic E-state index is 12.1. The number of carbonyl (C=O) groups excluding carboxylic acids is 2. The lowest BCUT2D eigenvalue weighted by Gasteiger charge is -2.14. The molecule has 2 rings (SSSR count). The van der Waals surface area contributed by atoms with E-state index in [1.807, 2.05) is 30.3 Å². The molecular weight excluding hydrogens is 388 g/mol. The summed E-state index contributed by atoms with van der Waals surface area (Å²) < 4.78 is 28.1. The van der Waals surface area contributed by atoms with E-state index in [0.29, 0.717) is 0 Å². The zero-order chi connectivity index (χ0) is 20.9. The van der Waals surface area contributed by atoms with Gasteiger partial charge in [-0.2, -0.15) is 0 Å². The van der Waals surface area contributed by atoms with E-state index in [9.17, 15) is 28.1 Å². The minimum absolute atomic E-state index is 0.233. The van der Waals surface area contributed by atoms with Crippen LogP contribution in [0.5, 0.6) is 0 Å². The van der Waals surface area contributed by atoms with Crippen molar-refractivity contribution < 1.29 is 27.7 Å². The van der Waals surface area contributed by atoms with Gasteiger partial charge in [-0.15, -0.1) is 0 Å². The Kier molecular flexibility index (Phi) is 6.47. The van der Waals surface area contributed by atoms with Crippen LogP contribution in [0.4, 0.5) is 5.69 Å². The summed E-state index contributed by atoms with van der Waals surface area (Å²) in [7, 11) is -3.84. The van der Waals surface area contributed by atoms with Crippen LogP contribution in [0.25, 0.3) is 0 Å². The minimum atomic E-state index is -3.84. The summed E-state index contributed by atoms with van der Waals surface area (Å²) in [6.07, 6.45) is 0.825. The summed E-state index contributed by atoms with van der Waals surface area (Å²) in [5.74, 6) is -1.53. The number of nitro benzene ring substituents is 1. The Morgan fingerprint density at radius 1 is 1.18 bits per heavy atom. The molecule has 1 atom stereocenters. The van der Waals surface area contributed by atoms with E-state index in [1.165, 1.54) is 0 Å². The van der Waals surface area contributed by atoms with Crippen LogP contribution in [0, 0.1) is 10.1 Å². The van der Waals surface area contributed by atoms with Crippen LogP contribution in [-0.4, -0.2) is 38.1 Å². The molecule has 148 valence electrons. The van der Waals surface area contributed by atoms with Crippen molar-refractivity contribution in [3.8, 4) is 0 Å². The summed E-state index contributed by atoms with van der Waals surface area (Å²) >= 11 is 0. The molecule has 10 heteroatoms. The number of rotatable bonds is 7. The highest BCUT2D eigenvalue weighted by Crippen LogP contribution is 2.25. The van der Waals surface area contributed by atoms with Gasteiger partial charge in [0.25, 0.3) is 11.6 Å². The van der Waals surface area contributed by atoms with E-state index >= 15 is 0 Å². The predicted molar refractivity (Wildman–Crippen MR) is 99.5 cm³/mol. The SMILES string of the molecule is C[C@@H](NC(=O)COC(=O)c1ccc(S(C)(=O)=O)c([N+](=O)[O-])c1)c1ccccc1. The van der Waals surface area contributed by atoms with Crippen LogP contribution in [0.15, 0.2) is 53.4 Å². The summed E-state index contributed by atoms with van der Waals surface area (Å²) in [4.78, 5) is 33.7. The van der Waals surface area contributed by atoms with E-state index in [4.69, 9.17) is 4.74 Å². The predicted octanol–water partition coefficient (Wildman–Crippen LogP) is 2.03. The number of carbonyl (C=O) groups is 2. The number of hydrogen-bond donors (Lipinski definition) is 1. The average Bonchev–Trinajstić information content (AvgIpc) is 2.65. The Hall–Kier alpha value is -3.27. The summed E-state index contributed by atoms with van der Waals surface area (Å²) in [5, 5.41) is 13.7. The molecule has 0 saturated heterocycles. The van der Waals surface area contributed by atoms with Crippen molar-refractivity contribution in [2.75, 3.05) is 12.9 Å². The molecule has 1 N–H and O–H groups in total. The molecule has 0 aliphatic carbocycles. The number of nitrogens with zero attached hydrogens (tertiary/aromatic N) is 1. The van der Waals surface area contributed by atoms with Crippen LogP contribution in [0.2, 0.25) is 0 Å². The van der Waals surface area contributed by atoms with Gasteiger partial charge in [0.1, 0.15) is 4.90 Å². The number of amides is 1. The maximum Gasteiger partial charge on any atom is 0.338 e. The van der Waals surface area contributed by atoms with Gasteiger partial charge in [0.15, 0.2) is 16.4 Å². The Bertz CT molecular complexity index is 1000. The molecule has 0 saturated carbocycles. The van der Waals surface area contributed by atoms with Crippen molar-refractivity contribution in [2.45, 2.75) is 17.9 Å². The number of hydrogen-bond acceptors (Lipinski definition) is 7. The molecule has 28 heavy (non-hydrogen) atoms. The van der Waals surface area contributed by atoms with Gasteiger partial charge in [0, 0.05) is 12.3 Å². The first-order chi connectivity index (χ1) is 13.1. The molecule has 1 amide bonds. The molecule has 0 unspecified atom stereocenters. The zero-order valence-electron chi connectivity index (χ0n) is 15.1. The molecule has 2 aromatic carbocycles. The third kappa shape index (κ3) is 5.36. The first kappa shape index (κ1) is 21.0. The van der Waals surface area contributed by atoms with Crippen molar-refractivity contribution in [1.82, 2.24) is 5.32 Å². The molecule has 0 radical (unpaired) electrons. The van der Waals surface area contributed by atoms with Crippen molar-refractivity contribution >= 4 is 27.4 Å². The van der Waals surface area contributed by atoms with Gasteiger partial charge in [-0.1, -0.05) is 30.3 Å². The van der Waals surface area contributed by atoms with Crippen molar-refractivity contribution in [2.24, 2.45) is 0 Å². The molecule has 0 spiro atoms. The van der Waals surface area contributed by atoms with Gasteiger partial charge < -0.3 is 10.1 Å². The molecule has 0 fully saturated rings. The number of nitrogens with one attached hydrogen (secondary N) is 1. The lowest BCUT2D eigenvalue weighted by Crippen LogP contribution is -2.31. The van der Waals surface area contributed by atoms with E-state index < -0.39 is 43.8 Å². The smallest absolute Gasteiger partial charge is 0.338 e. The maximum atomic E-state index is 12.1. The van der Waals surface area contributed by atoms with Gasteiger partial charge in [0.05, 0.1) is 16.5 Å². The van der Waals surface area contributed by atoms with E-state index in [-0.39, 0.29) is 11.6 Å². The van der Waals surface area contributed by atoms with Crippen LogP contribution in [0.1, 0.15) is 28.9 Å². The third-order valence-electron chi connectivity index (χ3n) is 3.80. The number of nitro groups is 1. The first-order valence-corrected chi connectivity index (χ1v) is 9.98. The Morgan fingerprint density at radius 3 is 2.39 bits per heavy atom. The van der Waals surface area contributed by atoms with Gasteiger partial charge in [-0.3, -0.25) is 14.9 Å². The third-order valence-corrected chi connectivity index (χ3v) is 4.95. The number of esters is 1. The quantitative estimate of drug-likeness (QED) is 0.422. The number of sulfone groups is 1. The van der Waals surface area contributed by atoms with Gasteiger partial charge >= 0.3 is 5.97 Å². The Labute approximate surface area is 161 Å². The average molecular weight is 406 g/mol. The summed E-state index contributed by atoms with van der Waals surface area (Å²) in [6.45, 7) is 1.18. The van der Waals surface area contributed by atoms with Gasteiger partial charge in [0.2, 0.25) is 0 Å².